The second kappa shape index (κ2) is 9.60. The van der Waals surface area contributed by atoms with Crippen LogP contribution in [-0.4, -0.2) is 25.0 Å². The number of hydrogen-bond donors (Lipinski definition) is 2. The van der Waals surface area contributed by atoms with Crippen molar-refractivity contribution in [2.24, 2.45) is 5.92 Å². The number of halogens is 1. The minimum atomic E-state index is -0.665. The first-order valence-corrected chi connectivity index (χ1v) is 9.62. The monoisotopic (exact) mass is 402 g/mol. The van der Waals surface area contributed by atoms with Crippen LogP contribution in [0.15, 0.2) is 42.5 Å². The molecule has 2 aromatic carbocycles. The molecule has 2 rings (SSSR count). The molecule has 2 unspecified atom stereocenters. The molecule has 2 atom stereocenters. The Labute approximate surface area is 171 Å². The molecule has 6 heteroatoms. The minimum Gasteiger partial charge on any atom is -0.496 e. The molecule has 0 fully saturated rings. The van der Waals surface area contributed by atoms with Crippen molar-refractivity contribution in [2.75, 3.05) is 7.11 Å². The van der Waals surface area contributed by atoms with E-state index in [0.29, 0.717) is 16.3 Å². The second-order valence-corrected chi connectivity index (χ2v) is 7.61. The molecular weight excluding hydrogens is 376 g/mol. The van der Waals surface area contributed by atoms with Gasteiger partial charge in [0.2, 0.25) is 5.91 Å². The van der Waals surface area contributed by atoms with E-state index in [2.05, 4.69) is 10.6 Å². The third-order valence-corrected chi connectivity index (χ3v) is 4.80. The Morgan fingerprint density at radius 1 is 1.00 bits per heavy atom. The van der Waals surface area contributed by atoms with Gasteiger partial charge in [0.25, 0.3) is 5.91 Å². The van der Waals surface area contributed by atoms with E-state index < -0.39 is 6.04 Å². The SMILES string of the molecule is COc1ccc(C)cc1C(C)NC(=O)C(NC(=O)c1ccc(Cl)cc1)C(C)C. The standard InChI is InChI=1S/C22H27ClN2O3/c1-13(2)20(25-21(26)16-7-9-17(23)10-8-16)22(27)24-15(4)18-12-14(3)6-11-19(18)28-5/h6-13,15,20H,1-5H3,(H,24,27)(H,25,26). The summed E-state index contributed by atoms with van der Waals surface area (Å²) in [5.74, 6) is 0.0761. The maximum Gasteiger partial charge on any atom is 0.251 e. The molecule has 0 saturated carbocycles. The number of rotatable bonds is 7. The van der Waals surface area contributed by atoms with Crippen LogP contribution in [0.4, 0.5) is 0 Å². The van der Waals surface area contributed by atoms with E-state index >= 15 is 0 Å². The highest BCUT2D eigenvalue weighted by molar-refractivity contribution is 6.30. The van der Waals surface area contributed by atoms with Gasteiger partial charge in [-0.1, -0.05) is 43.1 Å². The molecule has 0 aliphatic rings. The lowest BCUT2D eigenvalue weighted by molar-refractivity contribution is -0.124. The molecule has 0 aliphatic carbocycles. The van der Waals surface area contributed by atoms with E-state index in [4.69, 9.17) is 16.3 Å². The molecule has 5 nitrogen and oxygen atoms in total. The Bertz CT molecular complexity index is 834. The molecule has 0 aliphatic heterocycles. The smallest absolute Gasteiger partial charge is 0.251 e. The number of methoxy groups -OCH3 is 1. The van der Waals surface area contributed by atoms with E-state index in [9.17, 15) is 9.59 Å². The Morgan fingerprint density at radius 2 is 1.64 bits per heavy atom. The van der Waals surface area contributed by atoms with Crippen LogP contribution < -0.4 is 15.4 Å². The third kappa shape index (κ3) is 5.49. The van der Waals surface area contributed by atoms with E-state index in [-0.39, 0.29) is 23.8 Å². The predicted octanol–water partition coefficient (Wildman–Crippen LogP) is 4.29. The van der Waals surface area contributed by atoms with Crippen LogP contribution in [0.1, 0.15) is 48.3 Å². The molecule has 28 heavy (non-hydrogen) atoms. The summed E-state index contributed by atoms with van der Waals surface area (Å²) in [4.78, 5) is 25.4. The first-order chi connectivity index (χ1) is 13.2. The van der Waals surface area contributed by atoms with Crippen molar-refractivity contribution in [2.45, 2.75) is 39.8 Å². The first kappa shape index (κ1) is 21.8. The maximum atomic E-state index is 12.9. The molecule has 2 N–H and O–H groups in total. The van der Waals surface area contributed by atoms with Crippen LogP contribution in [-0.2, 0) is 4.79 Å². The zero-order chi connectivity index (χ0) is 20.8. The molecule has 2 amide bonds. The molecule has 0 radical (unpaired) electrons. The minimum absolute atomic E-state index is 0.0807. The number of nitrogens with one attached hydrogen (secondary N) is 2. The van der Waals surface area contributed by atoms with Crippen LogP contribution in [0.3, 0.4) is 0 Å². The lowest BCUT2D eigenvalue weighted by Gasteiger charge is -2.25. The molecule has 0 spiro atoms. The quantitative estimate of drug-likeness (QED) is 0.726. The molecule has 0 saturated heterocycles. The Hall–Kier alpha value is -2.53. The van der Waals surface area contributed by atoms with Crippen LogP contribution >= 0.6 is 11.6 Å². The Balaban J connectivity index is 2.13. The van der Waals surface area contributed by atoms with E-state index in [1.165, 1.54) is 0 Å². The number of carbonyl (C=O) groups excluding carboxylic acids is 2. The number of aryl methyl sites for hydroxylation is 1. The third-order valence-electron chi connectivity index (χ3n) is 4.55. The molecular formula is C22H27ClN2O3. The van der Waals surface area contributed by atoms with Gasteiger partial charge in [-0.25, -0.2) is 0 Å². The Morgan fingerprint density at radius 3 is 2.21 bits per heavy atom. The van der Waals surface area contributed by atoms with Crippen molar-refractivity contribution in [3.63, 3.8) is 0 Å². The van der Waals surface area contributed by atoms with E-state index in [0.717, 1.165) is 11.1 Å². The van der Waals surface area contributed by atoms with Gasteiger partial charge in [0.05, 0.1) is 13.2 Å². The largest absolute Gasteiger partial charge is 0.496 e. The highest BCUT2D eigenvalue weighted by atomic mass is 35.5. The lowest BCUT2D eigenvalue weighted by atomic mass is 10.0. The lowest BCUT2D eigenvalue weighted by Crippen LogP contribution is -2.50. The summed E-state index contributed by atoms with van der Waals surface area (Å²) in [6.07, 6.45) is 0. The summed E-state index contributed by atoms with van der Waals surface area (Å²) in [5.41, 5.74) is 2.42. The van der Waals surface area contributed by atoms with Crippen molar-refractivity contribution in [3.05, 3.63) is 64.2 Å². The molecule has 150 valence electrons. The van der Waals surface area contributed by atoms with Crippen molar-refractivity contribution in [1.82, 2.24) is 10.6 Å². The zero-order valence-corrected chi connectivity index (χ0v) is 17.6. The fourth-order valence-electron chi connectivity index (χ4n) is 2.93. The van der Waals surface area contributed by atoms with Gasteiger partial charge in [-0.15, -0.1) is 0 Å². The van der Waals surface area contributed by atoms with Crippen molar-refractivity contribution < 1.29 is 14.3 Å². The van der Waals surface area contributed by atoms with Crippen LogP contribution in [0.5, 0.6) is 5.75 Å². The number of hydrogen-bond acceptors (Lipinski definition) is 3. The molecule has 0 aromatic heterocycles. The normalized spacial score (nSPS) is 13.0. The van der Waals surface area contributed by atoms with Gasteiger partial charge in [-0.2, -0.15) is 0 Å². The summed E-state index contributed by atoms with van der Waals surface area (Å²) in [6, 6.07) is 11.5. The first-order valence-electron chi connectivity index (χ1n) is 9.24. The average Bonchev–Trinajstić information content (AvgIpc) is 2.65. The topological polar surface area (TPSA) is 67.4 Å². The van der Waals surface area contributed by atoms with E-state index in [1.54, 1.807) is 31.4 Å². The second-order valence-electron chi connectivity index (χ2n) is 7.18. The molecule has 2 aromatic rings. The predicted molar refractivity (Wildman–Crippen MR) is 112 cm³/mol. The molecule has 0 bridgehead atoms. The van der Waals surface area contributed by atoms with Crippen LogP contribution in [0.2, 0.25) is 5.02 Å². The van der Waals surface area contributed by atoms with Gasteiger partial charge in [0.1, 0.15) is 11.8 Å². The van der Waals surface area contributed by atoms with Gasteiger partial charge in [0, 0.05) is 16.1 Å². The number of carbonyl (C=O) groups is 2. The van der Waals surface area contributed by atoms with Crippen LogP contribution in [0.25, 0.3) is 0 Å². The van der Waals surface area contributed by atoms with E-state index in [1.807, 2.05) is 45.9 Å². The van der Waals surface area contributed by atoms with Gasteiger partial charge in [-0.3, -0.25) is 9.59 Å². The van der Waals surface area contributed by atoms with Crippen LogP contribution in [0, 0.1) is 12.8 Å². The summed E-state index contributed by atoms with van der Waals surface area (Å²) in [7, 11) is 1.60. The van der Waals surface area contributed by atoms with Crippen molar-refractivity contribution in [1.29, 1.82) is 0 Å². The van der Waals surface area contributed by atoms with Gasteiger partial charge >= 0.3 is 0 Å². The number of benzene rings is 2. The summed E-state index contributed by atoms with van der Waals surface area (Å²) >= 11 is 5.87. The highest BCUT2D eigenvalue weighted by Crippen LogP contribution is 2.26. The Kier molecular flexibility index (Phi) is 7.46. The van der Waals surface area contributed by atoms with Crippen molar-refractivity contribution in [3.8, 4) is 5.75 Å². The van der Waals surface area contributed by atoms with Gasteiger partial charge < -0.3 is 15.4 Å². The highest BCUT2D eigenvalue weighted by Gasteiger charge is 2.26. The number of ether oxygens (including phenoxy) is 1. The fourth-order valence-corrected chi connectivity index (χ4v) is 3.06. The van der Waals surface area contributed by atoms with Gasteiger partial charge in [-0.05, 0) is 50.1 Å². The zero-order valence-electron chi connectivity index (χ0n) is 16.9. The average molecular weight is 403 g/mol. The summed E-state index contributed by atoms with van der Waals surface area (Å²) in [6.45, 7) is 7.67. The number of amides is 2. The fraction of sp³-hybridized carbons (Fsp3) is 0.364. The van der Waals surface area contributed by atoms with Crippen molar-refractivity contribution >= 4 is 23.4 Å². The summed E-state index contributed by atoms with van der Waals surface area (Å²) in [5, 5.41) is 6.37. The van der Waals surface area contributed by atoms with Gasteiger partial charge in [0.15, 0.2) is 0 Å². The maximum absolute atomic E-state index is 12.9. The summed E-state index contributed by atoms with van der Waals surface area (Å²) < 4.78 is 5.41. The molecule has 0 heterocycles.